The normalized spacial score (nSPS) is 10.4. The van der Waals surface area contributed by atoms with Gasteiger partial charge >= 0.3 is 0 Å². The summed E-state index contributed by atoms with van der Waals surface area (Å²) in [6, 6.07) is 3.23. The van der Waals surface area contributed by atoms with E-state index in [1.165, 1.54) is 6.07 Å². The number of nitro groups is 1. The average molecular weight is 307 g/mol. The maximum Gasteiger partial charge on any atom is 0.283 e. The van der Waals surface area contributed by atoms with E-state index in [0.29, 0.717) is 10.4 Å². The minimum atomic E-state index is -0.377. The van der Waals surface area contributed by atoms with E-state index in [2.05, 4.69) is 22.9 Å². The monoisotopic (exact) mass is 305 g/mol. The third-order valence-electron chi connectivity index (χ3n) is 2.44. The van der Waals surface area contributed by atoms with Crippen molar-refractivity contribution in [1.29, 1.82) is 0 Å². The maximum absolute atomic E-state index is 10.8. The summed E-state index contributed by atoms with van der Waals surface area (Å²) in [5, 5.41) is 10.8. The number of rotatable bonds is 5. The van der Waals surface area contributed by atoms with Crippen LogP contribution in [0.1, 0.15) is 30.9 Å². The number of nitro benzene ring substituents is 1. The summed E-state index contributed by atoms with van der Waals surface area (Å²) in [5.74, 6) is 0.385. The lowest BCUT2D eigenvalue weighted by Gasteiger charge is -2.09. The molecule has 0 fully saturated rings. The Morgan fingerprint density at radius 2 is 2.19 bits per heavy atom. The molecule has 1 rings (SSSR count). The molecule has 0 aliphatic heterocycles. The van der Waals surface area contributed by atoms with E-state index in [-0.39, 0.29) is 10.6 Å². The average Bonchev–Trinajstić information content (AvgIpc) is 2.26. The van der Waals surface area contributed by atoms with Crippen molar-refractivity contribution in [3.8, 4) is 0 Å². The molecule has 0 saturated heterocycles. The van der Waals surface area contributed by atoms with Gasteiger partial charge in [0.15, 0.2) is 0 Å². The number of hydrogen-bond donors (Lipinski definition) is 0. The highest BCUT2D eigenvalue weighted by molar-refractivity contribution is 9.10. The Hall–Kier alpha value is -0.610. The van der Waals surface area contributed by atoms with E-state index in [9.17, 15) is 10.1 Å². The number of benzene rings is 1. The van der Waals surface area contributed by atoms with Crippen LogP contribution >= 0.6 is 27.5 Å². The van der Waals surface area contributed by atoms with Crippen molar-refractivity contribution in [3.63, 3.8) is 0 Å². The minimum Gasteiger partial charge on any atom is -0.258 e. The summed E-state index contributed by atoms with van der Waals surface area (Å²) in [6.07, 6.45) is 2.88. The molecule has 0 radical (unpaired) electrons. The van der Waals surface area contributed by atoms with Gasteiger partial charge < -0.3 is 0 Å². The van der Waals surface area contributed by atoms with E-state index in [1.807, 2.05) is 0 Å². The molecule has 0 aliphatic carbocycles. The van der Waals surface area contributed by atoms with Crippen molar-refractivity contribution in [3.05, 3.63) is 37.8 Å². The zero-order chi connectivity index (χ0) is 12.1. The lowest BCUT2D eigenvalue weighted by Crippen LogP contribution is -1.98. The van der Waals surface area contributed by atoms with Gasteiger partial charge in [0.25, 0.3) is 5.69 Å². The lowest BCUT2D eigenvalue weighted by atomic mass is 10.0. The Kier molecular flexibility index (Phi) is 5.22. The predicted molar refractivity (Wildman–Crippen MR) is 69.0 cm³/mol. The zero-order valence-electron chi connectivity index (χ0n) is 9.00. The van der Waals surface area contributed by atoms with Gasteiger partial charge in [-0.1, -0.05) is 19.4 Å². The number of unbranched alkanes of at least 4 members (excludes halogenated alkanes) is 1. The van der Waals surface area contributed by atoms with E-state index in [1.54, 1.807) is 6.07 Å². The first-order valence-corrected chi connectivity index (χ1v) is 6.45. The summed E-state index contributed by atoms with van der Waals surface area (Å²) >= 11 is 9.13. The van der Waals surface area contributed by atoms with E-state index >= 15 is 0 Å². The third kappa shape index (κ3) is 2.95. The van der Waals surface area contributed by atoms with Crippen LogP contribution in [0.4, 0.5) is 5.69 Å². The lowest BCUT2D eigenvalue weighted by molar-refractivity contribution is -0.385. The van der Waals surface area contributed by atoms with Gasteiger partial charge in [0, 0.05) is 11.9 Å². The van der Waals surface area contributed by atoms with Gasteiger partial charge in [0.1, 0.15) is 0 Å². The van der Waals surface area contributed by atoms with E-state index in [4.69, 9.17) is 11.6 Å². The van der Waals surface area contributed by atoms with Gasteiger partial charge in [-0.05, 0) is 39.9 Å². The van der Waals surface area contributed by atoms with Crippen LogP contribution in [0.15, 0.2) is 16.6 Å². The second kappa shape index (κ2) is 6.21. The quantitative estimate of drug-likeness (QED) is 0.458. The molecule has 0 aromatic heterocycles. The molecule has 0 spiro atoms. The highest BCUT2D eigenvalue weighted by Gasteiger charge is 2.17. The Labute approximate surface area is 108 Å². The third-order valence-corrected chi connectivity index (χ3v) is 3.61. The molecule has 0 atom stereocenters. The van der Waals surface area contributed by atoms with Crippen molar-refractivity contribution < 1.29 is 4.92 Å². The molecule has 5 heteroatoms. The molecular weight excluding hydrogens is 293 g/mol. The number of nitrogens with zero attached hydrogens (tertiary/aromatic N) is 1. The molecule has 3 nitrogen and oxygen atoms in total. The summed E-state index contributed by atoms with van der Waals surface area (Å²) < 4.78 is 0.573. The van der Waals surface area contributed by atoms with Crippen LogP contribution in [-0.2, 0) is 12.3 Å². The molecule has 0 N–H and O–H groups in total. The molecule has 0 amide bonds. The van der Waals surface area contributed by atoms with Crippen LogP contribution in [0.5, 0.6) is 0 Å². The van der Waals surface area contributed by atoms with Gasteiger partial charge in [-0.25, -0.2) is 0 Å². The number of hydrogen-bond acceptors (Lipinski definition) is 2. The molecular formula is C11H13BrClNO2. The highest BCUT2D eigenvalue weighted by atomic mass is 79.9. The van der Waals surface area contributed by atoms with Gasteiger partial charge in [0.2, 0.25) is 0 Å². The molecule has 0 aliphatic rings. The topological polar surface area (TPSA) is 43.1 Å². The van der Waals surface area contributed by atoms with E-state index < -0.39 is 0 Å². The van der Waals surface area contributed by atoms with E-state index in [0.717, 1.165) is 30.4 Å². The van der Waals surface area contributed by atoms with Crippen LogP contribution in [-0.4, -0.2) is 4.92 Å². The second-order valence-electron chi connectivity index (χ2n) is 3.53. The number of halogens is 2. The maximum atomic E-state index is 10.8. The van der Waals surface area contributed by atoms with Crippen LogP contribution in [0.25, 0.3) is 0 Å². The van der Waals surface area contributed by atoms with Gasteiger partial charge in [-0.15, -0.1) is 11.6 Å². The summed E-state index contributed by atoms with van der Waals surface area (Å²) in [5.41, 5.74) is 2.04. The fourth-order valence-electron chi connectivity index (χ4n) is 1.54. The fourth-order valence-corrected chi connectivity index (χ4v) is 2.52. The Balaban J connectivity index is 3.17. The molecule has 0 saturated carbocycles. The molecule has 1 aromatic rings. The Morgan fingerprint density at radius 1 is 1.50 bits per heavy atom. The summed E-state index contributed by atoms with van der Waals surface area (Å²) in [6.45, 7) is 2.09. The van der Waals surface area contributed by atoms with Crippen molar-refractivity contribution in [2.75, 3.05) is 0 Å². The van der Waals surface area contributed by atoms with Crippen molar-refractivity contribution in [2.45, 2.75) is 32.1 Å². The first-order chi connectivity index (χ1) is 7.61. The first-order valence-electron chi connectivity index (χ1n) is 5.12. The SMILES string of the molecule is CCCCc1c(CCl)ccc([N+](=O)[O-])c1Br. The predicted octanol–water partition coefficient (Wildman–Crippen LogP) is 4.44. The number of alkyl halides is 1. The molecule has 88 valence electrons. The summed E-state index contributed by atoms with van der Waals surface area (Å²) in [4.78, 5) is 10.4. The second-order valence-corrected chi connectivity index (χ2v) is 4.59. The Bertz CT molecular complexity index is 396. The van der Waals surface area contributed by atoms with Crippen molar-refractivity contribution >= 4 is 33.2 Å². The standard InChI is InChI=1S/C11H13BrClNO2/c1-2-3-4-9-8(7-13)5-6-10(11(9)12)14(15)16/h5-6H,2-4,7H2,1H3. The highest BCUT2D eigenvalue weighted by Crippen LogP contribution is 2.32. The smallest absolute Gasteiger partial charge is 0.258 e. The fraction of sp³-hybridized carbons (Fsp3) is 0.455. The van der Waals surface area contributed by atoms with Gasteiger partial charge in [-0.2, -0.15) is 0 Å². The van der Waals surface area contributed by atoms with Crippen molar-refractivity contribution in [1.82, 2.24) is 0 Å². The zero-order valence-corrected chi connectivity index (χ0v) is 11.3. The molecule has 16 heavy (non-hydrogen) atoms. The molecule has 0 bridgehead atoms. The van der Waals surface area contributed by atoms with Crippen LogP contribution in [0.3, 0.4) is 0 Å². The minimum absolute atomic E-state index is 0.111. The Morgan fingerprint density at radius 3 is 2.69 bits per heavy atom. The van der Waals surface area contributed by atoms with Crippen LogP contribution in [0, 0.1) is 10.1 Å². The van der Waals surface area contributed by atoms with Crippen LogP contribution < -0.4 is 0 Å². The molecule has 1 aromatic carbocycles. The van der Waals surface area contributed by atoms with Crippen molar-refractivity contribution in [2.24, 2.45) is 0 Å². The summed E-state index contributed by atoms with van der Waals surface area (Å²) in [7, 11) is 0. The van der Waals surface area contributed by atoms with Gasteiger partial charge in [0.05, 0.1) is 9.40 Å². The first kappa shape index (κ1) is 13.5. The van der Waals surface area contributed by atoms with Gasteiger partial charge in [-0.3, -0.25) is 10.1 Å². The molecule has 0 unspecified atom stereocenters. The largest absolute Gasteiger partial charge is 0.283 e. The van der Waals surface area contributed by atoms with Crippen LogP contribution in [0.2, 0.25) is 0 Å². The molecule has 0 heterocycles.